The van der Waals surface area contributed by atoms with Crippen molar-refractivity contribution in [2.75, 3.05) is 30.6 Å². The van der Waals surface area contributed by atoms with Gasteiger partial charge in [-0.25, -0.2) is 12.8 Å². The van der Waals surface area contributed by atoms with Crippen molar-refractivity contribution in [2.24, 2.45) is 5.92 Å². The molecule has 0 aromatic heterocycles. The van der Waals surface area contributed by atoms with E-state index in [4.69, 9.17) is 21.1 Å². The van der Waals surface area contributed by atoms with Crippen LogP contribution in [0.1, 0.15) is 32.8 Å². The van der Waals surface area contributed by atoms with Gasteiger partial charge in [-0.15, -0.1) is 0 Å². The summed E-state index contributed by atoms with van der Waals surface area (Å²) in [5.74, 6) is -0.736. The van der Waals surface area contributed by atoms with Gasteiger partial charge in [-0.1, -0.05) is 50.6 Å². The molecule has 1 heterocycles. The van der Waals surface area contributed by atoms with Gasteiger partial charge in [0, 0.05) is 24.2 Å². The van der Waals surface area contributed by atoms with Gasteiger partial charge in [0.1, 0.15) is 31.6 Å². The van der Waals surface area contributed by atoms with Crippen LogP contribution in [0.2, 0.25) is 5.02 Å². The van der Waals surface area contributed by atoms with Gasteiger partial charge in [-0.05, 0) is 60.4 Å². The van der Waals surface area contributed by atoms with E-state index in [1.54, 1.807) is 31.2 Å². The standard InChI is InChI=1S/C31H35ClFN3O6S/c1-4-27(31(38)34-18-21(2)3)35(19-22-7-5-6-8-26(22)32)30(37)20-36(24-11-9-23(33)10-12-24)43(39,40)25-13-14-28-29(17-25)42-16-15-41-28/h5-14,17,21,27H,4,15-16,18-20H2,1-3H3,(H,34,38)/t27-/m1/s1. The molecule has 0 unspecified atom stereocenters. The molecule has 9 nitrogen and oxygen atoms in total. The molecule has 0 saturated heterocycles. The van der Waals surface area contributed by atoms with Gasteiger partial charge in [0.15, 0.2) is 11.5 Å². The van der Waals surface area contributed by atoms with Gasteiger partial charge in [-0.3, -0.25) is 13.9 Å². The summed E-state index contributed by atoms with van der Waals surface area (Å²) in [6.45, 7) is 5.98. The van der Waals surface area contributed by atoms with Crippen LogP contribution in [0.3, 0.4) is 0 Å². The van der Waals surface area contributed by atoms with E-state index in [1.165, 1.54) is 35.2 Å². The summed E-state index contributed by atoms with van der Waals surface area (Å²) in [5.41, 5.74) is 0.662. The summed E-state index contributed by atoms with van der Waals surface area (Å²) in [4.78, 5) is 28.6. The second kappa shape index (κ2) is 14.1. The van der Waals surface area contributed by atoms with E-state index in [2.05, 4.69) is 5.32 Å². The fourth-order valence-electron chi connectivity index (χ4n) is 4.60. The SMILES string of the molecule is CC[C@H](C(=O)NCC(C)C)N(Cc1ccccc1Cl)C(=O)CN(c1ccc(F)cc1)S(=O)(=O)c1ccc2c(c1)OCCO2. The molecule has 0 radical (unpaired) electrons. The molecule has 2 amide bonds. The van der Waals surface area contributed by atoms with E-state index in [-0.39, 0.29) is 47.7 Å². The lowest BCUT2D eigenvalue weighted by molar-refractivity contribution is -0.140. The van der Waals surface area contributed by atoms with Gasteiger partial charge >= 0.3 is 0 Å². The van der Waals surface area contributed by atoms with E-state index >= 15 is 0 Å². The minimum Gasteiger partial charge on any atom is -0.486 e. The molecule has 1 aliphatic heterocycles. The zero-order valence-corrected chi connectivity index (χ0v) is 25.8. The first-order valence-corrected chi connectivity index (χ1v) is 15.8. The molecule has 1 atom stereocenters. The molecule has 1 aliphatic rings. The third-order valence-electron chi connectivity index (χ3n) is 6.86. The van der Waals surface area contributed by atoms with E-state index in [0.717, 1.165) is 16.4 Å². The van der Waals surface area contributed by atoms with Crippen LogP contribution < -0.4 is 19.1 Å². The Morgan fingerprint density at radius 3 is 2.33 bits per heavy atom. The summed E-state index contributed by atoms with van der Waals surface area (Å²) in [6.07, 6.45) is 0.269. The molecule has 0 fully saturated rings. The summed E-state index contributed by atoms with van der Waals surface area (Å²) in [7, 11) is -4.38. The lowest BCUT2D eigenvalue weighted by atomic mass is 10.1. The number of sulfonamides is 1. The number of ether oxygens (including phenoxy) is 2. The molecule has 0 aliphatic carbocycles. The molecular formula is C31H35ClFN3O6S. The molecule has 4 rings (SSSR count). The largest absolute Gasteiger partial charge is 0.486 e. The molecule has 0 bridgehead atoms. The van der Waals surface area contributed by atoms with E-state index in [0.29, 0.717) is 29.5 Å². The Bertz CT molecular complexity index is 1550. The number of rotatable bonds is 12. The minimum atomic E-state index is -4.38. The fraction of sp³-hybridized carbons (Fsp3) is 0.355. The molecule has 12 heteroatoms. The zero-order chi connectivity index (χ0) is 31.1. The molecule has 43 heavy (non-hydrogen) atoms. The molecule has 0 saturated carbocycles. The molecule has 3 aromatic carbocycles. The maximum Gasteiger partial charge on any atom is 0.264 e. The number of benzene rings is 3. The zero-order valence-electron chi connectivity index (χ0n) is 24.3. The second-order valence-electron chi connectivity index (χ2n) is 10.5. The average Bonchev–Trinajstić information content (AvgIpc) is 2.99. The molecular weight excluding hydrogens is 597 g/mol. The van der Waals surface area contributed by atoms with E-state index in [9.17, 15) is 22.4 Å². The van der Waals surface area contributed by atoms with Crippen LogP contribution in [0.5, 0.6) is 11.5 Å². The molecule has 1 N–H and O–H groups in total. The number of fused-ring (bicyclic) bond motifs is 1. The monoisotopic (exact) mass is 631 g/mol. The Balaban J connectivity index is 1.74. The van der Waals surface area contributed by atoms with E-state index < -0.39 is 34.3 Å². The van der Waals surface area contributed by atoms with Gasteiger partial charge in [0.05, 0.1) is 10.6 Å². The summed E-state index contributed by atoms with van der Waals surface area (Å²) >= 11 is 6.43. The number of amides is 2. The van der Waals surface area contributed by atoms with Crippen LogP contribution in [0.4, 0.5) is 10.1 Å². The topological polar surface area (TPSA) is 105 Å². The predicted molar refractivity (Wildman–Crippen MR) is 162 cm³/mol. The van der Waals surface area contributed by atoms with Crippen LogP contribution in [-0.4, -0.2) is 57.5 Å². The fourth-order valence-corrected chi connectivity index (χ4v) is 6.23. The van der Waals surface area contributed by atoms with Gasteiger partial charge < -0.3 is 19.7 Å². The quantitative estimate of drug-likeness (QED) is 0.301. The molecule has 3 aromatic rings. The number of nitrogens with zero attached hydrogens (tertiary/aromatic N) is 2. The number of nitrogens with one attached hydrogen (secondary N) is 1. The highest BCUT2D eigenvalue weighted by Gasteiger charge is 2.34. The normalized spacial score (nSPS) is 13.3. The van der Waals surface area contributed by atoms with Crippen molar-refractivity contribution in [1.29, 1.82) is 0 Å². The Labute approximate surface area is 256 Å². The number of hydrogen-bond donors (Lipinski definition) is 1. The number of carbonyl (C=O) groups excluding carboxylic acids is 2. The Morgan fingerprint density at radius 1 is 1.00 bits per heavy atom. The number of hydrogen-bond acceptors (Lipinski definition) is 6. The Morgan fingerprint density at radius 2 is 1.67 bits per heavy atom. The van der Waals surface area contributed by atoms with Crippen molar-refractivity contribution in [2.45, 2.75) is 44.7 Å². The minimum absolute atomic E-state index is 0.0343. The first-order valence-electron chi connectivity index (χ1n) is 14.0. The summed E-state index contributed by atoms with van der Waals surface area (Å²) < 4.78 is 54.1. The lowest BCUT2D eigenvalue weighted by Gasteiger charge is -2.33. The van der Waals surface area contributed by atoms with Crippen LogP contribution in [0, 0.1) is 11.7 Å². The van der Waals surface area contributed by atoms with Gasteiger partial charge in [-0.2, -0.15) is 0 Å². The van der Waals surface area contributed by atoms with Crippen molar-refractivity contribution < 1.29 is 31.9 Å². The highest BCUT2D eigenvalue weighted by atomic mass is 35.5. The first-order chi connectivity index (χ1) is 20.5. The number of anilines is 1. The summed E-state index contributed by atoms with van der Waals surface area (Å²) in [5, 5.41) is 3.28. The van der Waals surface area contributed by atoms with Crippen molar-refractivity contribution in [3.05, 3.63) is 83.1 Å². The molecule has 0 spiro atoms. The van der Waals surface area contributed by atoms with Gasteiger partial charge in [0.2, 0.25) is 11.8 Å². The second-order valence-corrected chi connectivity index (χ2v) is 12.7. The van der Waals surface area contributed by atoms with E-state index in [1.807, 2.05) is 13.8 Å². The maximum absolute atomic E-state index is 14.1. The van der Waals surface area contributed by atoms with Crippen LogP contribution in [-0.2, 0) is 26.2 Å². The maximum atomic E-state index is 14.1. The Kier molecular flexibility index (Phi) is 10.5. The van der Waals surface area contributed by atoms with Crippen LogP contribution in [0.15, 0.2) is 71.6 Å². The average molecular weight is 632 g/mol. The number of halogens is 2. The van der Waals surface area contributed by atoms with Crippen molar-refractivity contribution >= 4 is 39.1 Å². The highest BCUT2D eigenvalue weighted by Crippen LogP contribution is 2.34. The van der Waals surface area contributed by atoms with Crippen molar-refractivity contribution in [1.82, 2.24) is 10.2 Å². The lowest BCUT2D eigenvalue weighted by Crippen LogP contribution is -2.52. The third kappa shape index (κ3) is 7.77. The Hall–Kier alpha value is -3.83. The molecule has 230 valence electrons. The predicted octanol–water partition coefficient (Wildman–Crippen LogP) is 5.03. The van der Waals surface area contributed by atoms with Crippen molar-refractivity contribution in [3.63, 3.8) is 0 Å². The van der Waals surface area contributed by atoms with Crippen molar-refractivity contribution in [3.8, 4) is 11.5 Å². The highest BCUT2D eigenvalue weighted by molar-refractivity contribution is 7.92. The third-order valence-corrected chi connectivity index (χ3v) is 9.00. The first kappa shape index (κ1) is 32.1. The van der Waals surface area contributed by atoms with Gasteiger partial charge in [0.25, 0.3) is 10.0 Å². The number of carbonyl (C=O) groups is 2. The summed E-state index contributed by atoms with van der Waals surface area (Å²) in [6, 6.07) is 15.0. The van der Waals surface area contributed by atoms with Crippen LogP contribution >= 0.6 is 11.6 Å². The van der Waals surface area contributed by atoms with Crippen LogP contribution in [0.25, 0.3) is 0 Å². The smallest absolute Gasteiger partial charge is 0.264 e.